The molecule has 10 nitrogen and oxygen atoms in total. The smallest absolute Gasteiger partial charge is 0.123 e. The normalized spacial score (nSPS) is 12.4. The van der Waals surface area contributed by atoms with E-state index >= 15 is 0 Å². The van der Waals surface area contributed by atoms with Gasteiger partial charge < -0.3 is 29.5 Å². The molecule has 0 heterocycles. The summed E-state index contributed by atoms with van der Waals surface area (Å²) in [4.78, 5) is 4.59. The second kappa shape index (κ2) is 21.9. The molecular formula is C46H56N6O4. The van der Waals surface area contributed by atoms with Crippen LogP contribution in [0.25, 0.3) is 0 Å². The lowest BCUT2D eigenvalue weighted by molar-refractivity contribution is 0.108. The zero-order chi connectivity index (χ0) is 39.5. The fraction of sp³-hybridized carbons (Fsp3) is 0.304. The number of aliphatic hydroxyl groups is 2. The SMILES string of the molecule is CCN(CC)c1ccc(/C=N\N(CC(O)COc2cccc(OCC(O)CN(/N=C\c3ccc(N(CC)CC)cc3)c3ccccc3)c2)c2ccccc2)cc1. The first kappa shape index (κ1) is 41.3. The van der Waals surface area contributed by atoms with Crippen molar-refractivity contribution >= 4 is 35.2 Å². The minimum Gasteiger partial charge on any atom is -0.491 e. The van der Waals surface area contributed by atoms with Gasteiger partial charge in [-0.2, -0.15) is 10.2 Å². The minimum atomic E-state index is -0.839. The van der Waals surface area contributed by atoms with Crippen LogP contribution in [0.4, 0.5) is 22.7 Å². The van der Waals surface area contributed by atoms with E-state index < -0.39 is 12.2 Å². The van der Waals surface area contributed by atoms with Crippen LogP contribution in [0.15, 0.2) is 144 Å². The van der Waals surface area contributed by atoms with E-state index in [2.05, 4.69) is 86.0 Å². The number of nitrogens with zero attached hydrogens (tertiary/aromatic N) is 6. The maximum Gasteiger partial charge on any atom is 0.123 e. The number of aliphatic hydroxyl groups excluding tert-OH is 2. The molecule has 0 aliphatic carbocycles. The first-order valence-corrected chi connectivity index (χ1v) is 19.5. The summed E-state index contributed by atoms with van der Waals surface area (Å²) >= 11 is 0. The summed E-state index contributed by atoms with van der Waals surface area (Å²) in [6.45, 7) is 12.9. The highest BCUT2D eigenvalue weighted by molar-refractivity contribution is 5.82. The van der Waals surface area contributed by atoms with Crippen molar-refractivity contribution in [3.63, 3.8) is 0 Å². The summed E-state index contributed by atoms with van der Waals surface area (Å²) < 4.78 is 12.0. The fourth-order valence-electron chi connectivity index (χ4n) is 6.17. The average Bonchev–Trinajstić information content (AvgIpc) is 3.25. The number of benzene rings is 5. The van der Waals surface area contributed by atoms with E-state index in [1.165, 1.54) is 11.4 Å². The summed E-state index contributed by atoms with van der Waals surface area (Å²) in [5.41, 5.74) is 6.00. The molecule has 56 heavy (non-hydrogen) atoms. The van der Waals surface area contributed by atoms with E-state index in [4.69, 9.17) is 19.7 Å². The van der Waals surface area contributed by atoms with Gasteiger partial charge in [0.2, 0.25) is 0 Å². The predicted molar refractivity (Wildman–Crippen MR) is 232 cm³/mol. The second-order valence-corrected chi connectivity index (χ2v) is 13.3. The van der Waals surface area contributed by atoms with E-state index in [-0.39, 0.29) is 26.3 Å². The molecule has 0 radical (unpaired) electrons. The van der Waals surface area contributed by atoms with Crippen molar-refractivity contribution in [3.05, 3.63) is 145 Å². The molecule has 5 aromatic carbocycles. The number of hydrazone groups is 2. The Kier molecular flexibility index (Phi) is 16.2. The van der Waals surface area contributed by atoms with Gasteiger partial charge in [0.15, 0.2) is 0 Å². The number of hydrogen-bond donors (Lipinski definition) is 2. The highest BCUT2D eigenvalue weighted by Crippen LogP contribution is 2.22. The van der Waals surface area contributed by atoms with E-state index in [9.17, 15) is 10.2 Å². The van der Waals surface area contributed by atoms with E-state index in [0.717, 1.165) is 48.7 Å². The maximum atomic E-state index is 11.1. The van der Waals surface area contributed by atoms with Gasteiger partial charge in [-0.05, 0) is 99.5 Å². The van der Waals surface area contributed by atoms with Crippen LogP contribution in [0.5, 0.6) is 11.5 Å². The van der Waals surface area contributed by atoms with Crippen molar-refractivity contribution in [1.82, 2.24) is 0 Å². The third-order valence-corrected chi connectivity index (χ3v) is 9.30. The third kappa shape index (κ3) is 12.6. The van der Waals surface area contributed by atoms with Crippen LogP contribution >= 0.6 is 0 Å². The lowest BCUT2D eigenvalue weighted by Crippen LogP contribution is -2.33. The van der Waals surface area contributed by atoms with Crippen LogP contribution in [0.2, 0.25) is 0 Å². The molecule has 5 aromatic rings. The second-order valence-electron chi connectivity index (χ2n) is 13.3. The molecule has 0 aliphatic heterocycles. The quantitative estimate of drug-likeness (QED) is 0.0543. The molecule has 0 spiro atoms. The van der Waals surface area contributed by atoms with E-state index in [1.807, 2.05) is 78.9 Å². The molecule has 2 N–H and O–H groups in total. The van der Waals surface area contributed by atoms with Crippen molar-refractivity contribution in [2.75, 3.05) is 72.3 Å². The largest absolute Gasteiger partial charge is 0.491 e. The maximum absolute atomic E-state index is 11.1. The topological polar surface area (TPSA) is 96.6 Å². The van der Waals surface area contributed by atoms with Gasteiger partial charge in [-0.15, -0.1) is 0 Å². The molecule has 0 aliphatic rings. The minimum absolute atomic E-state index is 0.0474. The van der Waals surface area contributed by atoms with Gasteiger partial charge >= 0.3 is 0 Å². The Labute approximate surface area is 332 Å². The van der Waals surface area contributed by atoms with E-state index in [0.29, 0.717) is 11.5 Å². The number of hydrogen-bond acceptors (Lipinski definition) is 10. The van der Waals surface area contributed by atoms with Crippen LogP contribution < -0.4 is 29.3 Å². The highest BCUT2D eigenvalue weighted by atomic mass is 16.5. The number of para-hydroxylation sites is 2. The molecule has 5 rings (SSSR count). The van der Waals surface area contributed by atoms with E-state index in [1.54, 1.807) is 28.5 Å². The number of rotatable bonds is 22. The Balaban J connectivity index is 1.15. The highest BCUT2D eigenvalue weighted by Gasteiger charge is 2.15. The monoisotopic (exact) mass is 756 g/mol. The van der Waals surface area contributed by atoms with Crippen LogP contribution in [-0.4, -0.2) is 87.3 Å². The van der Waals surface area contributed by atoms with Gasteiger partial charge in [0, 0.05) is 43.6 Å². The fourth-order valence-corrected chi connectivity index (χ4v) is 6.17. The van der Waals surface area contributed by atoms with Gasteiger partial charge in [-0.1, -0.05) is 66.7 Å². The Morgan fingerprint density at radius 1 is 0.482 bits per heavy atom. The van der Waals surface area contributed by atoms with Gasteiger partial charge in [-0.3, -0.25) is 10.0 Å². The van der Waals surface area contributed by atoms with Gasteiger partial charge in [0.1, 0.15) is 36.9 Å². The Bertz CT molecular complexity index is 1760. The third-order valence-electron chi connectivity index (χ3n) is 9.30. The Morgan fingerprint density at radius 3 is 1.21 bits per heavy atom. The molecule has 0 bridgehead atoms. The summed E-state index contributed by atoms with van der Waals surface area (Å²) in [6.07, 6.45) is 1.93. The summed E-state index contributed by atoms with van der Waals surface area (Å²) in [5, 5.41) is 35.1. The lowest BCUT2D eigenvalue weighted by Gasteiger charge is -2.23. The first-order chi connectivity index (χ1) is 27.4. The molecule has 2 atom stereocenters. The molecule has 0 fully saturated rings. The number of ether oxygens (including phenoxy) is 2. The van der Waals surface area contributed by atoms with Crippen LogP contribution in [0.3, 0.4) is 0 Å². The average molecular weight is 757 g/mol. The van der Waals surface area contributed by atoms with Gasteiger partial charge in [-0.25, -0.2) is 0 Å². The molecule has 0 amide bonds. The first-order valence-electron chi connectivity index (χ1n) is 19.5. The molecule has 0 saturated carbocycles. The molecule has 10 heteroatoms. The van der Waals surface area contributed by atoms with Gasteiger partial charge in [0.25, 0.3) is 0 Å². The zero-order valence-electron chi connectivity index (χ0n) is 33.1. The standard InChI is InChI=1S/C46H56N6O4/c1-5-49(6-2)39-26-22-37(23-27-39)31-47-51(41-16-11-9-12-17-41)33-43(53)35-55-45-20-15-21-46(30-45)56-36-44(54)34-52(42-18-13-10-14-19-42)48-32-38-24-28-40(29-25-38)50(7-3)8-4/h9-32,43-44,53-54H,5-8,33-36H2,1-4H3/b47-31-,48-32-. The summed E-state index contributed by atoms with van der Waals surface area (Å²) in [5.74, 6) is 1.09. The van der Waals surface area contributed by atoms with Crippen molar-refractivity contribution < 1.29 is 19.7 Å². The molecule has 0 aromatic heterocycles. The zero-order valence-corrected chi connectivity index (χ0v) is 33.1. The molecule has 294 valence electrons. The lowest BCUT2D eigenvalue weighted by atomic mass is 10.2. The number of anilines is 4. The predicted octanol–water partition coefficient (Wildman–Crippen LogP) is 7.94. The van der Waals surface area contributed by atoms with Gasteiger partial charge in [0.05, 0.1) is 36.9 Å². The molecular weight excluding hydrogens is 701 g/mol. The van der Waals surface area contributed by atoms with Crippen molar-refractivity contribution in [2.24, 2.45) is 10.2 Å². The van der Waals surface area contributed by atoms with Crippen LogP contribution in [-0.2, 0) is 0 Å². The Morgan fingerprint density at radius 2 is 0.857 bits per heavy atom. The van der Waals surface area contributed by atoms with Crippen molar-refractivity contribution in [3.8, 4) is 11.5 Å². The van der Waals surface area contributed by atoms with Crippen molar-refractivity contribution in [2.45, 2.75) is 39.9 Å². The van der Waals surface area contributed by atoms with Crippen LogP contribution in [0, 0.1) is 0 Å². The van der Waals surface area contributed by atoms with Crippen molar-refractivity contribution in [1.29, 1.82) is 0 Å². The summed E-state index contributed by atoms with van der Waals surface area (Å²) in [7, 11) is 0. The molecule has 0 saturated heterocycles. The Hall–Kier alpha value is -5.84. The van der Waals surface area contributed by atoms with Crippen LogP contribution in [0.1, 0.15) is 38.8 Å². The molecule has 2 unspecified atom stereocenters. The summed E-state index contributed by atoms with van der Waals surface area (Å²) in [6, 6.07) is 43.3.